The smallest absolute Gasteiger partial charge is 0.355 e. The molecule has 6 nitrogen and oxygen atoms in total. The number of aromatic nitrogens is 2. The molecule has 9 heteroatoms. The standard InChI is InChI=1S/C26H28F3N5O/c1-31-14-11-20(30-24(31)18-7-9-19(10-8-18)26(27,28)29)17-33-15-12-21(13-16-33)34-23-6-4-3-5-22(23)32(2)25(34)35/h3-11,21H,12-17H2,1-2H3. The minimum Gasteiger partial charge on any atom is -0.355 e. The first-order valence-corrected chi connectivity index (χ1v) is 11.8. The van der Waals surface area contributed by atoms with Crippen molar-refractivity contribution in [3.63, 3.8) is 0 Å². The van der Waals surface area contributed by atoms with E-state index < -0.39 is 11.7 Å². The van der Waals surface area contributed by atoms with Gasteiger partial charge in [0.2, 0.25) is 0 Å². The van der Waals surface area contributed by atoms with E-state index in [1.165, 1.54) is 12.1 Å². The summed E-state index contributed by atoms with van der Waals surface area (Å²) < 4.78 is 42.4. The Bertz CT molecular complexity index is 1340. The van der Waals surface area contributed by atoms with Crippen LogP contribution in [-0.4, -0.2) is 58.0 Å². The highest BCUT2D eigenvalue weighted by Crippen LogP contribution is 2.30. The number of likely N-dealkylation sites (tertiary alicyclic amines) is 1. The number of fused-ring (bicyclic) bond motifs is 1. The Kier molecular flexibility index (Phi) is 6.04. The highest BCUT2D eigenvalue weighted by atomic mass is 19.4. The Morgan fingerprint density at radius 2 is 1.63 bits per heavy atom. The van der Waals surface area contributed by atoms with Crippen LogP contribution < -0.4 is 5.69 Å². The van der Waals surface area contributed by atoms with E-state index in [2.05, 4.69) is 11.0 Å². The normalized spacial score (nSPS) is 18.1. The lowest BCUT2D eigenvalue weighted by Gasteiger charge is -2.33. The Balaban J connectivity index is 1.27. The fourth-order valence-electron chi connectivity index (χ4n) is 5.03. The zero-order valence-electron chi connectivity index (χ0n) is 19.8. The van der Waals surface area contributed by atoms with E-state index in [0.717, 1.165) is 54.8 Å². The molecule has 0 spiro atoms. The van der Waals surface area contributed by atoms with E-state index in [1.54, 1.807) is 4.57 Å². The molecule has 0 atom stereocenters. The Hall–Kier alpha value is -3.33. The number of hydrogen-bond acceptors (Lipinski definition) is 4. The number of amidine groups is 1. The molecule has 0 amide bonds. The predicted molar refractivity (Wildman–Crippen MR) is 131 cm³/mol. The SMILES string of the molecule is CN1CC=C(CN2CCC(n3c(=O)n(C)c4ccccc43)CC2)N=C1c1ccc(C(F)(F)F)cc1. The molecule has 0 radical (unpaired) electrons. The van der Waals surface area contributed by atoms with Gasteiger partial charge in [0, 0.05) is 51.9 Å². The highest BCUT2D eigenvalue weighted by molar-refractivity contribution is 5.99. The van der Waals surface area contributed by atoms with Crippen LogP contribution in [0.1, 0.15) is 30.0 Å². The van der Waals surface area contributed by atoms with Crippen LogP contribution in [-0.2, 0) is 13.2 Å². The molecule has 3 heterocycles. The molecule has 1 aromatic heterocycles. The number of halogens is 3. The average Bonchev–Trinajstić information content (AvgIpc) is 3.10. The van der Waals surface area contributed by atoms with Crippen molar-refractivity contribution in [1.82, 2.24) is 18.9 Å². The molecule has 2 aromatic carbocycles. The topological polar surface area (TPSA) is 45.8 Å². The van der Waals surface area contributed by atoms with Crippen molar-refractivity contribution in [2.24, 2.45) is 12.0 Å². The largest absolute Gasteiger partial charge is 0.416 e. The maximum absolute atomic E-state index is 12.9. The van der Waals surface area contributed by atoms with Crippen molar-refractivity contribution in [3.8, 4) is 0 Å². The number of alkyl halides is 3. The zero-order valence-corrected chi connectivity index (χ0v) is 19.8. The summed E-state index contributed by atoms with van der Waals surface area (Å²) in [5, 5.41) is 0. The van der Waals surface area contributed by atoms with Crippen LogP contribution in [0.25, 0.3) is 11.0 Å². The van der Waals surface area contributed by atoms with Gasteiger partial charge in [-0.05, 0) is 43.2 Å². The number of piperidine rings is 1. The summed E-state index contributed by atoms with van der Waals surface area (Å²) in [5.41, 5.74) is 2.86. The maximum atomic E-state index is 12.9. The van der Waals surface area contributed by atoms with E-state index in [1.807, 2.05) is 47.8 Å². The van der Waals surface area contributed by atoms with Crippen molar-refractivity contribution >= 4 is 16.9 Å². The molecule has 0 bridgehead atoms. The molecular formula is C26H28F3N5O. The van der Waals surface area contributed by atoms with E-state index in [9.17, 15) is 18.0 Å². The quantitative estimate of drug-likeness (QED) is 0.557. The van der Waals surface area contributed by atoms with Gasteiger partial charge in [-0.1, -0.05) is 24.3 Å². The minimum atomic E-state index is -4.35. The van der Waals surface area contributed by atoms with Crippen LogP contribution in [0.2, 0.25) is 0 Å². The summed E-state index contributed by atoms with van der Waals surface area (Å²) in [6, 6.07) is 13.2. The molecule has 0 aliphatic carbocycles. The van der Waals surface area contributed by atoms with Gasteiger partial charge in [-0.15, -0.1) is 0 Å². The fourth-order valence-corrected chi connectivity index (χ4v) is 5.03. The molecule has 1 saturated heterocycles. The average molecular weight is 484 g/mol. The number of para-hydroxylation sites is 2. The number of likely N-dealkylation sites (N-methyl/N-ethyl adjacent to an activating group) is 1. The van der Waals surface area contributed by atoms with Crippen molar-refractivity contribution in [1.29, 1.82) is 0 Å². The Labute approximate surface area is 201 Å². The molecule has 2 aliphatic heterocycles. The number of nitrogens with zero attached hydrogens (tertiary/aromatic N) is 5. The first-order valence-electron chi connectivity index (χ1n) is 11.8. The van der Waals surface area contributed by atoms with Gasteiger partial charge in [0.1, 0.15) is 5.84 Å². The van der Waals surface area contributed by atoms with Gasteiger partial charge in [-0.2, -0.15) is 13.2 Å². The number of benzene rings is 2. The van der Waals surface area contributed by atoms with E-state index >= 15 is 0 Å². The number of aliphatic imine (C=N–C) groups is 1. The third-order valence-corrected chi connectivity index (χ3v) is 6.99. The van der Waals surface area contributed by atoms with Crippen LogP contribution in [0.3, 0.4) is 0 Å². The van der Waals surface area contributed by atoms with Gasteiger partial charge in [-0.25, -0.2) is 9.79 Å². The lowest BCUT2D eigenvalue weighted by molar-refractivity contribution is -0.137. The second-order valence-electron chi connectivity index (χ2n) is 9.29. The molecule has 184 valence electrons. The molecular weight excluding hydrogens is 455 g/mol. The van der Waals surface area contributed by atoms with Gasteiger partial charge in [-0.3, -0.25) is 14.0 Å². The number of hydrogen-bond donors (Lipinski definition) is 0. The van der Waals surface area contributed by atoms with Crippen molar-refractivity contribution < 1.29 is 13.2 Å². The molecule has 35 heavy (non-hydrogen) atoms. The van der Waals surface area contributed by atoms with E-state index in [4.69, 9.17) is 4.99 Å². The molecule has 0 saturated carbocycles. The maximum Gasteiger partial charge on any atom is 0.416 e. The number of rotatable bonds is 4. The number of aryl methyl sites for hydroxylation is 1. The van der Waals surface area contributed by atoms with Crippen LogP contribution in [0.5, 0.6) is 0 Å². The number of imidazole rings is 1. The van der Waals surface area contributed by atoms with Crippen LogP contribution in [0, 0.1) is 0 Å². The van der Waals surface area contributed by atoms with Gasteiger partial charge in [0.05, 0.1) is 22.3 Å². The van der Waals surface area contributed by atoms with Crippen LogP contribution in [0.4, 0.5) is 13.2 Å². The van der Waals surface area contributed by atoms with Gasteiger partial charge in [0.15, 0.2) is 0 Å². The molecule has 5 rings (SSSR count). The molecule has 0 N–H and O–H groups in total. The molecule has 2 aliphatic rings. The summed E-state index contributed by atoms with van der Waals surface area (Å²) in [4.78, 5) is 21.9. The molecule has 3 aromatic rings. The minimum absolute atomic E-state index is 0.0217. The van der Waals surface area contributed by atoms with Crippen molar-refractivity contribution in [3.05, 3.63) is 81.9 Å². The molecule has 0 unspecified atom stereocenters. The monoisotopic (exact) mass is 483 g/mol. The summed E-state index contributed by atoms with van der Waals surface area (Å²) >= 11 is 0. The predicted octanol–water partition coefficient (Wildman–Crippen LogP) is 4.27. The van der Waals surface area contributed by atoms with Gasteiger partial charge in [0.25, 0.3) is 0 Å². The van der Waals surface area contributed by atoms with Gasteiger partial charge < -0.3 is 4.90 Å². The van der Waals surface area contributed by atoms with E-state index in [-0.39, 0.29) is 11.7 Å². The summed E-state index contributed by atoms with van der Waals surface area (Å²) in [5.74, 6) is 0.674. The summed E-state index contributed by atoms with van der Waals surface area (Å²) in [6.45, 7) is 3.02. The Morgan fingerprint density at radius 1 is 0.971 bits per heavy atom. The van der Waals surface area contributed by atoms with Crippen LogP contribution >= 0.6 is 0 Å². The second kappa shape index (κ2) is 9.03. The fraction of sp³-hybridized carbons (Fsp3) is 0.385. The summed E-state index contributed by atoms with van der Waals surface area (Å²) in [6.07, 6.45) is -0.546. The summed E-state index contributed by atoms with van der Waals surface area (Å²) in [7, 11) is 3.70. The second-order valence-corrected chi connectivity index (χ2v) is 9.29. The highest BCUT2D eigenvalue weighted by Gasteiger charge is 2.30. The molecule has 1 fully saturated rings. The van der Waals surface area contributed by atoms with Gasteiger partial charge >= 0.3 is 11.9 Å². The lowest BCUT2D eigenvalue weighted by atomic mass is 10.0. The van der Waals surface area contributed by atoms with Crippen LogP contribution in [0.15, 0.2) is 70.1 Å². The zero-order chi connectivity index (χ0) is 24.7. The third-order valence-electron chi connectivity index (χ3n) is 6.99. The Morgan fingerprint density at radius 3 is 2.29 bits per heavy atom. The van der Waals surface area contributed by atoms with Crippen molar-refractivity contribution in [2.45, 2.75) is 25.1 Å². The first-order chi connectivity index (χ1) is 16.7. The lowest BCUT2D eigenvalue weighted by Crippen LogP contribution is -2.39. The first kappa shape index (κ1) is 23.4. The van der Waals surface area contributed by atoms with Crippen molar-refractivity contribution in [2.75, 3.05) is 33.2 Å². The third kappa shape index (κ3) is 4.52. The van der Waals surface area contributed by atoms with E-state index in [0.29, 0.717) is 24.5 Å².